The van der Waals surface area contributed by atoms with E-state index in [0.717, 1.165) is 12.8 Å². The summed E-state index contributed by atoms with van der Waals surface area (Å²) in [6, 6.07) is 60.6. The molecule has 0 amide bonds. The van der Waals surface area contributed by atoms with Gasteiger partial charge in [-0.05, 0) is 111 Å². The van der Waals surface area contributed by atoms with Gasteiger partial charge in [0.05, 0.1) is 0 Å². The fourth-order valence-electron chi connectivity index (χ4n) is 8.60. The van der Waals surface area contributed by atoms with Crippen molar-refractivity contribution in [1.82, 2.24) is 0 Å². The minimum atomic E-state index is 1.07. The van der Waals surface area contributed by atoms with Gasteiger partial charge in [0.25, 0.3) is 0 Å². The first-order valence-corrected chi connectivity index (χ1v) is 17.7. The van der Waals surface area contributed by atoms with Crippen molar-refractivity contribution in [3.05, 3.63) is 188 Å². The van der Waals surface area contributed by atoms with E-state index >= 15 is 0 Å². The van der Waals surface area contributed by atoms with E-state index in [-0.39, 0.29) is 0 Å². The molecule has 0 saturated carbocycles. The zero-order chi connectivity index (χ0) is 33.0. The molecule has 0 N–H and O–H groups in total. The fraction of sp³-hybridized carbons (Fsp3) is 0.0400. The lowest BCUT2D eigenvalue weighted by Gasteiger charge is -2.22. The quantitative estimate of drug-likeness (QED) is 0.133. The molecule has 10 rings (SSSR count). The molecule has 0 spiro atoms. The number of hydrogen-bond acceptors (Lipinski definition) is 0. The molecule has 0 radical (unpaired) electrons. The highest BCUT2D eigenvalue weighted by molar-refractivity contribution is 6.29. The number of rotatable bonds is 4. The van der Waals surface area contributed by atoms with Crippen molar-refractivity contribution in [2.24, 2.45) is 0 Å². The van der Waals surface area contributed by atoms with Gasteiger partial charge in [-0.3, -0.25) is 0 Å². The van der Waals surface area contributed by atoms with Gasteiger partial charge < -0.3 is 0 Å². The lowest BCUT2D eigenvalue weighted by molar-refractivity contribution is 1.04. The summed E-state index contributed by atoms with van der Waals surface area (Å²) in [4.78, 5) is 0. The maximum Gasteiger partial charge on any atom is -0.00139 e. The molecule has 0 heterocycles. The molecule has 1 aliphatic carbocycles. The maximum absolute atomic E-state index is 2.43. The van der Waals surface area contributed by atoms with Crippen molar-refractivity contribution in [3.8, 4) is 33.4 Å². The lowest BCUT2D eigenvalue weighted by atomic mass is 9.81. The summed E-state index contributed by atoms with van der Waals surface area (Å²) in [6.45, 7) is 0. The number of hydrogen-bond donors (Lipinski definition) is 0. The normalized spacial score (nSPS) is 13.1. The van der Waals surface area contributed by atoms with Crippen LogP contribution in [0.25, 0.3) is 92.8 Å². The highest BCUT2D eigenvalue weighted by Crippen LogP contribution is 2.49. The summed E-state index contributed by atoms with van der Waals surface area (Å²) < 4.78 is 0. The molecular weight excluding hydrogens is 601 g/mol. The van der Waals surface area contributed by atoms with Crippen molar-refractivity contribution in [2.75, 3.05) is 0 Å². The number of fused-ring (bicyclic) bond motifs is 6. The molecule has 9 aromatic carbocycles. The van der Waals surface area contributed by atoms with Crippen LogP contribution in [0.3, 0.4) is 0 Å². The largest absolute Gasteiger partial charge is 0.0836 e. The Balaban J connectivity index is 1.38. The van der Waals surface area contributed by atoms with Crippen molar-refractivity contribution in [2.45, 2.75) is 12.8 Å². The molecule has 50 heavy (non-hydrogen) atoms. The van der Waals surface area contributed by atoms with Crippen molar-refractivity contribution in [3.63, 3.8) is 0 Å². The Morgan fingerprint density at radius 3 is 1.36 bits per heavy atom. The van der Waals surface area contributed by atoms with Crippen molar-refractivity contribution in [1.29, 1.82) is 0 Å². The molecule has 9 aromatic rings. The van der Waals surface area contributed by atoms with Gasteiger partial charge in [-0.25, -0.2) is 0 Å². The van der Waals surface area contributed by atoms with Gasteiger partial charge in [-0.2, -0.15) is 0 Å². The minimum absolute atomic E-state index is 1.07. The van der Waals surface area contributed by atoms with Crippen LogP contribution in [0.5, 0.6) is 0 Å². The fourth-order valence-corrected chi connectivity index (χ4v) is 8.60. The molecule has 0 nitrogen and oxygen atoms in total. The predicted molar refractivity (Wildman–Crippen MR) is 217 cm³/mol. The Bertz CT molecular complexity index is 2780. The van der Waals surface area contributed by atoms with Crippen LogP contribution in [-0.4, -0.2) is 0 Å². The average Bonchev–Trinajstić information content (AvgIpc) is 3.19. The molecule has 0 unspecified atom stereocenters. The van der Waals surface area contributed by atoms with Crippen LogP contribution >= 0.6 is 0 Å². The molecule has 1 aliphatic rings. The van der Waals surface area contributed by atoms with Crippen LogP contribution < -0.4 is 0 Å². The first kappa shape index (κ1) is 28.7. The molecule has 0 heteroatoms. The minimum Gasteiger partial charge on any atom is -0.0836 e. The smallest absolute Gasteiger partial charge is 0.00139 e. The van der Waals surface area contributed by atoms with Crippen LogP contribution in [0.15, 0.2) is 182 Å². The standard InChI is InChI=1S/C50H34/c1-4-17-33(18-5-1)46-40-24-11-14-27-43(40)49(44-28-15-12-25-41(44)46)37-29-16-30-38-36(37)31-32-45-47(34-19-6-2-7-20-34)39-23-10-13-26-42(39)48(50(38)45)35-21-8-3-9-22-35/h1,3-6,8-32H,2,7H2. The zero-order valence-electron chi connectivity index (χ0n) is 27.7. The molecule has 234 valence electrons. The predicted octanol–water partition coefficient (Wildman–Crippen LogP) is 14.2. The van der Waals surface area contributed by atoms with E-state index in [0.29, 0.717) is 0 Å². The van der Waals surface area contributed by atoms with Gasteiger partial charge in [-0.15, -0.1) is 0 Å². The molecule has 0 fully saturated rings. The Labute approximate surface area is 292 Å². The van der Waals surface area contributed by atoms with Crippen LogP contribution in [0.1, 0.15) is 18.4 Å². The highest BCUT2D eigenvalue weighted by Gasteiger charge is 2.22. The summed E-state index contributed by atoms with van der Waals surface area (Å²) in [6.07, 6.45) is 9.25. The van der Waals surface area contributed by atoms with Gasteiger partial charge in [0.2, 0.25) is 0 Å². The van der Waals surface area contributed by atoms with E-state index < -0.39 is 0 Å². The van der Waals surface area contributed by atoms with Gasteiger partial charge in [-0.1, -0.05) is 182 Å². The van der Waals surface area contributed by atoms with E-state index in [4.69, 9.17) is 0 Å². The first-order chi connectivity index (χ1) is 24.9. The second kappa shape index (κ2) is 11.7. The summed E-state index contributed by atoms with van der Waals surface area (Å²) in [5.41, 5.74) is 10.3. The van der Waals surface area contributed by atoms with Crippen LogP contribution in [0.2, 0.25) is 0 Å². The molecule has 0 atom stereocenters. The van der Waals surface area contributed by atoms with Gasteiger partial charge in [0.1, 0.15) is 0 Å². The van der Waals surface area contributed by atoms with Gasteiger partial charge in [0, 0.05) is 0 Å². The van der Waals surface area contributed by atoms with Crippen LogP contribution in [0, 0.1) is 0 Å². The Morgan fingerprint density at radius 1 is 0.300 bits per heavy atom. The lowest BCUT2D eigenvalue weighted by Crippen LogP contribution is -1.96. The van der Waals surface area contributed by atoms with Crippen LogP contribution in [-0.2, 0) is 0 Å². The molecule has 0 aliphatic heterocycles. The monoisotopic (exact) mass is 634 g/mol. The van der Waals surface area contributed by atoms with Gasteiger partial charge in [0.15, 0.2) is 0 Å². The Morgan fingerprint density at radius 2 is 0.780 bits per heavy atom. The van der Waals surface area contributed by atoms with E-state index in [1.165, 1.54) is 98.4 Å². The number of allylic oxidation sites excluding steroid dienone is 4. The van der Waals surface area contributed by atoms with Gasteiger partial charge >= 0.3 is 0 Å². The third-order valence-corrected chi connectivity index (χ3v) is 10.7. The summed E-state index contributed by atoms with van der Waals surface area (Å²) >= 11 is 0. The second-order valence-corrected chi connectivity index (χ2v) is 13.4. The molecule has 0 bridgehead atoms. The summed E-state index contributed by atoms with van der Waals surface area (Å²) in [5, 5.41) is 12.9. The molecular formula is C50H34. The maximum atomic E-state index is 2.43. The number of benzene rings is 9. The zero-order valence-corrected chi connectivity index (χ0v) is 27.7. The second-order valence-electron chi connectivity index (χ2n) is 13.4. The van der Waals surface area contributed by atoms with E-state index in [1.807, 2.05) is 0 Å². The van der Waals surface area contributed by atoms with E-state index in [1.54, 1.807) is 0 Å². The summed E-state index contributed by atoms with van der Waals surface area (Å²) in [5.74, 6) is 0. The third-order valence-electron chi connectivity index (χ3n) is 10.7. The Hall–Kier alpha value is -6.24. The Kier molecular flexibility index (Phi) is 6.74. The third kappa shape index (κ3) is 4.39. The van der Waals surface area contributed by atoms with E-state index in [2.05, 4.69) is 182 Å². The SMILES string of the molecule is C1=CC(c2c3ccccc3c(-c3ccccc3)c3c2ccc2c(-c4c5ccccc5c(-c5ccccc5)c5ccccc45)cccc23)=CCC1. The van der Waals surface area contributed by atoms with Crippen molar-refractivity contribution >= 4 is 59.4 Å². The highest BCUT2D eigenvalue weighted by atomic mass is 14.2. The molecule has 0 saturated heterocycles. The summed E-state index contributed by atoms with van der Waals surface area (Å²) in [7, 11) is 0. The topological polar surface area (TPSA) is 0 Å². The first-order valence-electron chi connectivity index (χ1n) is 17.7. The van der Waals surface area contributed by atoms with E-state index in [9.17, 15) is 0 Å². The average molecular weight is 635 g/mol. The molecule has 0 aromatic heterocycles. The van der Waals surface area contributed by atoms with Crippen molar-refractivity contribution < 1.29 is 0 Å². The van der Waals surface area contributed by atoms with Crippen LogP contribution in [0.4, 0.5) is 0 Å².